The van der Waals surface area contributed by atoms with E-state index in [0.29, 0.717) is 4.74 Å². The Balaban J connectivity index is 2.20. The molecule has 0 saturated carbocycles. The van der Waals surface area contributed by atoms with Crippen molar-refractivity contribution >= 4 is 23.0 Å². The standard InChI is InChI=1S/C17H13ClF4N2O/c18-11-5-6-15-13(9-11)16(12-3-1-2-4-14(12)19)24(25)8-7-23(15)10-17(20,21)22/h1-6,9H,7-8,10H2. The second kappa shape index (κ2) is 6.55. The molecule has 0 bridgehead atoms. The van der Waals surface area contributed by atoms with Gasteiger partial charge in [0.05, 0.1) is 23.4 Å². The first-order valence-electron chi connectivity index (χ1n) is 7.44. The van der Waals surface area contributed by atoms with Gasteiger partial charge in [0.15, 0.2) is 6.54 Å². The fourth-order valence-electron chi connectivity index (χ4n) is 2.87. The molecule has 0 unspecified atom stereocenters. The molecular formula is C17H13ClF4N2O. The van der Waals surface area contributed by atoms with Gasteiger partial charge in [-0.1, -0.05) is 23.7 Å². The lowest BCUT2D eigenvalue weighted by Crippen LogP contribution is -2.36. The lowest BCUT2D eigenvalue weighted by Gasteiger charge is -2.24. The molecule has 0 aromatic heterocycles. The van der Waals surface area contributed by atoms with E-state index in [1.54, 1.807) is 6.07 Å². The number of halogens is 5. The first-order valence-corrected chi connectivity index (χ1v) is 7.82. The molecule has 1 heterocycles. The van der Waals surface area contributed by atoms with E-state index in [9.17, 15) is 22.8 Å². The molecule has 1 aliphatic heterocycles. The van der Waals surface area contributed by atoms with E-state index < -0.39 is 18.5 Å². The highest BCUT2D eigenvalue weighted by atomic mass is 35.5. The highest BCUT2D eigenvalue weighted by Gasteiger charge is 2.35. The lowest BCUT2D eigenvalue weighted by atomic mass is 9.99. The number of anilines is 1. The summed E-state index contributed by atoms with van der Waals surface area (Å²) in [5.41, 5.74) is 0.364. The van der Waals surface area contributed by atoms with Gasteiger partial charge in [-0.25, -0.2) is 9.13 Å². The Morgan fingerprint density at radius 2 is 1.84 bits per heavy atom. The fourth-order valence-corrected chi connectivity index (χ4v) is 3.04. The molecule has 3 nitrogen and oxygen atoms in total. The number of rotatable bonds is 2. The molecule has 0 atom stereocenters. The monoisotopic (exact) mass is 372 g/mol. The topological polar surface area (TPSA) is 29.3 Å². The minimum atomic E-state index is -4.44. The molecule has 132 valence electrons. The third-order valence-electron chi connectivity index (χ3n) is 3.88. The summed E-state index contributed by atoms with van der Waals surface area (Å²) < 4.78 is 53.5. The maximum absolute atomic E-state index is 14.2. The Bertz CT molecular complexity index is 836. The van der Waals surface area contributed by atoms with Crippen molar-refractivity contribution in [1.82, 2.24) is 0 Å². The summed E-state index contributed by atoms with van der Waals surface area (Å²) in [7, 11) is 0. The molecule has 8 heteroatoms. The van der Waals surface area contributed by atoms with Crippen molar-refractivity contribution in [2.45, 2.75) is 6.18 Å². The Kier molecular flexibility index (Phi) is 4.60. The van der Waals surface area contributed by atoms with Crippen LogP contribution < -0.4 is 4.90 Å². The first-order chi connectivity index (χ1) is 11.8. The molecule has 0 fully saturated rings. The third-order valence-corrected chi connectivity index (χ3v) is 4.11. The van der Waals surface area contributed by atoms with E-state index in [-0.39, 0.29) is 40.6 Å². The van der Waals surface area contributed by atoms with Gasteiger partial charge in [-0.3, -0.25) is 0 Å². The van der Waals surface area contributed by atoms with Crippen LogP contribution in [0.15, 0.2) is 42.5 Å². The molecule has 0 saturated heterocycles. The van der Waals surface area contributed by atoms with E-state index >= 15 is 0 Å². The average molecular weight is 373 g/mol. The zero-order chi connectivity index (χ0) is 18.2. The largest absolute Gasteiger partial charge is 0.623 e. The zero-order valence-electron chi connectivity index (χ0n) is 12.9. The number of fused-ring (bicyclic) bond motifs is 1. The molecule has 0 radical (unpaired) electrons. The molecule has 0 amide bonds. The van der Waals surface area contributed by atoms with E-state index in [1.807, 2.05) is 0 Å². The summed E-state index contributed by atoms with van der Waals surface area (Å²) >= 11 is 5.98. The van der Waals surface area contributed by atoms with Crippen LogP contribution in [0.25, 0.3) is 0 Å². The summed E-state index contributed by atoms with van der Waals surface area (Å²) in [4.78, 5) is 1.06. The number of nitrogens with zero attached hydrogens (tertiary/aromatic N) is 2. The van der Waals surface area contributed by atoms with Gasteiger partial charge in [0.2, 0.25) is 5.71 Å². The third kappa shape index (κ3) is 3.71. The number of benzene rings is 2. The lowest BCUT2D eigenvalue weighted by molar-refractivity contribution is -0.453. The van der Waals surface area contributed by atoms with Crippen LogP contribution in [0, 0.1) is 11.0 Å². The van der Waals surface area contributed by atoms with Crippen molar-refractivity contribution in [3.8, 4) is 0 Å². The summed E-state index contributed by atoms with van der Waals surface area (Å²) in [5.74, 6) is -0.631. The van der Waals surface area contributed by atoms with Crippen LogP contribution in [0.1, 0.15) is 11.1 Å². The van der Waals surface area contributed by atoms with E-state index in [2.05, 4.69) is 0 Å². The zero-order valence-corrected chi connectivity index (χ0v) is 13.6. The van der Waals surface area contributed by atoms with Crippen molar-refractivity contribution < 1.29 is 22.3 Å². The number of hydroxylamine groups is 1. The summed E-state index contributed by atoms with van der Waals surface area (Å²) in [6, 6.07) is 9.89. The highest BCUT2D eigenvalue weighted by Crippen LogP contribution is 2.31. The maximum atomic E-state index is 14.2. The Labute approximate surface area is 146 Å². The van der Waals surface area contributed by atoms with E-state index in [4.69, 9.17) is 11.6 Å². The van der Waals surface area contributed by atoms with Gasteiger partial charge in [-0.05, 0) is 30.3 Å². The molecule has 0 aliphatic carbocycles. The van der Waals surface area contributed by atoms with Crippen molar-refractivity contribution in [2.24, 2.45) is 0 Å². The number of hydrogen-bond acceptors (Lipinski definition) is 2. The van der Waals surface area contributed by atoms with Crippen LogP contribution in [0.3, 0.4) is 0 Å². The molecule has 0 N–H and O–H groups in total. The first kappa shape index (κ1) is 17.5. The predicted molar refractivity (Wildman–Crippen MR) is 87.8 cm³/mol. The second-order valence-electron chi connectivity index (χ2n) is 5.63. The highest BCUT2D eigenvalue weighted by molar-refractivity contribution is 6.31. The van der Waals surface area contributed by atoms with Crippen LogP contribution in [-0.2, 0) is 0 Å². The van der Waals surface area contributed by atoms with Crippen LogP contribution in [-0.4, -0.2) is 36.3 Å². The smallest absolute Gasteiger partial charge is 0.405 e. The van der Waals surface area contributed by atoms with Crippen LogP contribution >= 0.6 is 11.6 Å². The minimum Gasteiger partial charge on any atom is -0.623 e. The van der Waals surface area contributed by atoms with Gasteiger partial charge in [0.1, 0.15) is 12.4 Å². The average Bonchev–Trinajstić information content (AvgIpc) is 2.64. The molecule has 3 rings (SSSR count). The van der Waals surface area contributed by atoms with Crippen molar-refractivity contribution in [1.29, 1.82) is 0 Å². The van der Waals surface area contributed by atoms with Crippen molar-refractivity contribution in [3.63, 3.8) is 0 Å². The van der Waals surface area contributed by atoms with Gasteiger partial charge in [-0.2, -0.15) is 13.2 Å². The molecule has 25 heavy (non-hydrogen) atoms. The van der Waals surface area contributed by atoms with Crippen molar-refractivity contribution in [3.05, 3.63) is 69.6 Å². The van der Waals surface area contributed by atoms with Gasteiger partial charge in [-0.15, -0.1) is 0 Å². The van der Waals surface area contributed by atoms with Gasteiger partial charge < -0.3 is 10.1 Å². The second-order valence-corrected chi connectivity index (χ2v) is 6.07. The van der Waals surface area contributed by atoms with Crippen molar-refractivity contribution in [2.75, 3.05) is 24.5 Å². The summed E-state index contributed by atoms with van der Waals surface area (Å²) in [5, 5.41) is 12.8. The Hall–Kier alpha value is -2.28. The molecule has 0 spiro atoms. The van der Waals surface area contributed by atoms with Crippen LogP contribution in [0.4, 0.5) is 23.2 Å². The number of benzodiazepines with no additional fused rings is 1. The molecular weight excluding hydrogens is 360 g/mol. The van der Waals surface area contributed by atoms with Gasteiger partial charge >= 0.3 is 6.18 Å². The van der Waals surface area contributed by atoms with Crippen LogP contribution in [0.2, 0.25) is 5.02 Å². The van der Waals surface area contributed by atoms with Gasteiger partial charge in [0, 0.05) is 5.02 Å². The molecule has 2 aromatic carbocycles. The van der Waals surface area contributed by atoms with E-state index in [1.165, 1.54) is 36.4 Å². The van der Waals surface area contributed by atoms with E-state index in [0.717, 1.165) is 4.90 Å². The normalized spacial score (nSPS) is 15.2. The maximum Gasteiger partial charge on any atom is 0.405 e. The van der Waals surface area contributed by atoms with Gasteiger partial charge in [0.25, 0.3) is 0 Å². The molecule has 2 aromatic rings. The SMILES string of the molecule is [O-][N+]1=C(c2ccccc2F)c2cc(Cl)ccc2N(CC(F)(F)F)CC1. The Morgan fingerprint density at radius 3 is 2.52 bits per heavy atom. The summed E-state index contributed by atoms with van der Waals surface area (Å²) in [6.07, 6.45) is -4.44. The quantitative estimate of drug-likeness (QED) is 0.449. The summed E-state index contributed by atoms with van der Waals surface area (Å²) in [6.45, 7) is -1.58. The Morgan fingerprint density at radius 1 is 1.12 bits per heavy atom. The number of hydrogen-bond donors (Lipinski definition) is 0. The molecule has 1 aliphatic rings. The number of alkyl halides is 3. The minimum absolute atomic E-state index is 0.0230. The van der Waals surface area contributed by atoms with Crippen LogP contribution in [0.5, 0.6) is 0 Å². The fraction of sp³-hybridized carbons (Fsp3) is 0.235. The predicted octanol–water partition coefficient (Wildman–Crippen LogP) is 4.21.